The zero-order valence-electron chi connectivity index (χ0n) is 19.4. The van der Waals surface area contributed by atoms with Gasteiger partial charge in [-0.3, -0.25) is 9.59 Å². The highest BCUT2D eigenvalue weighted by Crippen LogP contribution is 2.17. The van der Waals surface area contributed by atoms with E-state index < -0.39 is 12.0 Å². The number of esters is 1. The number of ether oxygens (including phenoxy) is 1. The van der Waals surface area contributed by atoms with Gasteiger partial charge >= 0.3 is 5.97 Å². The van der Waals surface area contributed by atoms with Crippen LogP contribution in [-0.2, 0) is 25.5 Å². The van der Waals surface area contributed by atoms with Crippen LogP contribution < -0.4 is 10.2 Å². The lowest BCUT2D eigenvalue weighted by molar-refractivity contribution is -0.145. The minimum atomic E-state index is -0.751. The topological polar surface area (TPSA) is 78.9 Å². The molecule has 0 bridgehead atoms. The second kappa shape index (κ2) is 12.0. The molecule has 2 atom stereocenters. The van der Waals surface area contributed by atoms with Crippen molar-refractivity contribution in [1.29, 1.82) is 0 Å². The van der Waals surface area contributed by atoms with E-state index in [0.29, 0.717) is 25.9 Å². The van der Waals surface area contributed by atoms with Gasteiger partial charge in [-0.2, -0.15) is 0 Å². The van der Waals surface area contributed by atoms with Crippen LogP contribution in [-0.4, -0.2) is 62.0 Å². The minimum absolute atomic E-state index is 0.0665. The number of nitrogens with zero attached hydrogens (tertiary/aromatic N) is 2. The van der Waals surface area contributed by atoms with Crippen molar-refractivity contribution in [3.05, 3.63) is 66.2 Å². The molecule has 3 rings (SSSR count). The Morgan fingerprint density at radius 3 is 2.12 bits per heavy atom. The summed E-state index contributed by atoms with van der Waals surface area (Å²) in [5.41, 5.74) is 2.11. The number of carbonyl (C=O) groups excluding carboxylic acids is 3. The van der Waals surface area contributed by atoms with Crippen molar-refractivity contribution in [2.24, 2.45) is 5.92 Å². The van der Waals surface area contributed by atoms with E-state index in [2.05, 4.69) is 22.3 Å². The quantitative estimate of drug-likeness (QED) is 0.593. The summed E-state index contributed by atoms with van der Waals surface area (Å²) in [5, 5.41) is 2.78. The number of benzene rings is 2. The van der Waals surface area contributed by atoms with Crippen LogP contribution >= 0.6 is 0 Å². The molecular formula is C26H33N3O4. The summed E-state index contributed by atoms with van der Waals surface area (Å²) in [4.78, 5) is 41.6. The highest BCUT2D eigenvalue weighted by atomic mass is 16.5. The summed E-state index contributed by atoms with van der Waals surface area (Å²) >= 11 is 0. The fourth-order valence-corrected chi connectivity index (χ4v) is 4.11. The Labute approximate surface area is 195 Å². The zero-order valence-corrected chi connectivity index (χ0v) is 19.4. The zero-order chi connectivity index (χ0) is 23.6. The highest BCUT2D eigenvalue weighted by Gasteiger charge is 2.25. The Morgan fingerprint density at radius 2 is 1.52 bits per heavy atom. The number of amides is 2. The number of rotatable bonds is 9. The van der Waals surface area contributed by atoms with Crippen molar-refractivity contribution >= 4 is 23.5 Å². The molecular weight excluding hydrogens is 418 g/mol. The van der Waals surface area contributed by atoms with Crippen LogP contribution in [0.3, 0.4) is 0 Å². The first-order valence-corrected chi connectivity index (χ1v) is 11.4. The molecule has 176 valence electrons. The molecule has 1 saturated heterocycles. The van der Waals surface area contributed by atoms with Crippen molar-refractivity contribution in [3.8, 4) is 0 Å². The maximum Gasteiger partial charge on any atom is 0.328 e. The summed E-state index contributed by atoms with van der Waals surface area (Å²) in [6, 6.07) is 18.9. The largest absolute Gasteiger partial charge is 0.467 e. The Morgan fingerprint density at radius 1 is 0.909 bits per heavy atom. The molecule has 7 nitrogen and oxygen atoms in total. The Hall–Kier alpha value is -3.35. The van der Waals surface area contributed by atoms with E-state index in [1.807, 2.05) is 60.4 Å². The summed E-state index contributed by atoms with van der Waals surface area (Å²) in [7, 11) is 1.31. The maximum absolute atomic E-state index is 12.8. The van der Waals surface area contributed by atoms with Gasteiger partial charge in [0.15, 0.2) is 0 Å². The van der Waals surface area contributed by atoms with Crippen LogP contribution in [0, 0.1) is 5.92 Å². The Kier molecular flexibility index (Phi) is 8.87. The fourth-order valence-electron chi connectivity index (χ4n) is 4.11. The minimum Gasteiger partial charge on any atom is -0.467 e. The van der Waals surface area contributed by atoms with Crippen LogP contribution in [0.5, 0.6) is 0 Å². The molecule has 1 fully saturated rings. The predicted octanol–water partition coefficient (Wildman–Crippen LogP) is 2.65. The molecule has 0 saturated carbocycles. The number of nitrogens with one attached hydrogen (secondary N) is 1. The normalized spacial score (nSPS) is 15.5. The molecule has 1 N–H and O–H groups in total. The van der Waals surface area contributed by atoms with E-state index in [1.54, 1.807) is 0 Å². The molecule has 2 aromatic carbocycles. The molecule has 1 aliphatic heterocycles. The number of para-hydroxylation sites is 1. The average Bonchev–Trinajstić information content (AvgIpc) is 2.84. The fraction of sp³-hybridized carbons (Fsp3) is 0.423. The summed E-state index contributed by atoms with van der Waals surface area (Å²) in [5.74, 6) is -0.792. The molecule has 0 aliphatic carbocycles. The molecule has 33 heavy (non-hydrogen) atoms. The molecule has 2 amide bonds. The summed E-state index contributed by atoms with van der Waals surface area (Å²) in [6.45, 7) is 4.83. The van der Waals surface area contributed by atoms with Crippen molar-refractivity contribution in [2.75, 3.05) is 38.2 Å². The first-order chi connectivity index (χ1) is 16.0. The second-order valence-electron chi connectivity index (χ2n) is 8.55. The van der Waals surface area contributed by atoms with Crippen LogP contribution in [0.4, 0.5) is 5.69 Å². The van der Waals surface area contributed by atoms with Crippen molar-refractivity contribution < 1.29 is 19.1 Å². The van der Waals surface area contributed by atoms with Crippen molar-refractivity contribution in [3.63, 3.8) is 0 Å². The van der Waals surface area contributed by atoms with E-state index in [1.165, 1.54) is 12.8 Å². The van der Waals surface area contributed by atoms with E-state index >= 15 is 0 Å². The average molecular weight is 452 g/mol. The van der Waals surface area contributed by atoms with Crippen LogP contribution in [0.2, 0.25) is 0 Å². The van der Waals surface area contributed by atoms with Crippen LogP contribution in [0.25, 0.3) is 0 Å². The van der Waals surface area contributed by atoms with E-state index in [9.17, 15) is 14.4 Å². The van der Waals surface area contributed by atoms with Crippen LogP contribution in [0.15, 0.2) is 60.7 Å². The maximum atomic E-state index is 12.8. The number of anilines is 1. The first-order valence-electron chi connectivity index (χ1n) is 11.4. The van der Waals surface area contributed by atoms with Gasteiger partial charge in [-0.1, -0.05) is 55.5 Å². The number of hydrogen-bond acceptors (Lipinski definition) is 5. The molecule has 1 heterocycles. The van der Waals surface area contributed by atoms with Gasteiger partial charge in [-0.05, 0) is 23.6 Å². The van der Waals surface area contributed by atoms with Gasteiger partial charge in [0, 0.05) is 51.1 Å². The third-order valence-corrected chi connectivity index (χ3v) is 5.91. The number of methoxy groups -OCH3 is 1. The third-order valence-electron chi connectivity index (χ3n) is 5.91. The van der Waals surface area contributed by atoms with Gasteiger partial charge in [-0.15, -0.1) is 0 Å². The van der Waals surface area contributed by atoms with E-state index in [0.717, 1.165) is 18.7 Å². The van der Waals surface area contributed by atoms with Gasteiger partial charge in [0.05, 0.1) is 7.11 Å². The predicted molar refractivity (Wildman–Crippen MR) is 128 cm³/mol. The van der Waals surface area contributed by atoms with Gasteiger partial charge in [0.2, 0.25) is 11.8 Å². The van der Waals surface area contributed by atoms with Gasteiger partial charge < -0.3 is 19.9 Å². The van der Waals surface area contributed by atoms with Gasteiger partial charge in [0.1, 0.15) is 6.04 Å². The summed E-state index contributed by atoms with van der Waals surface area (Å²) in [6.07, 6.45) is 0.844. The lowest BCUT2D eigenvalue weighted by Gasteiger charge is -2.36. The van der Waals surface area contributed by atoms with E-state index in [-0.39, 0.29) is 24.2 Å². The van der Waals surface area contributed by atoms with Crippen molar-refractivity contribution in [2.45, 2.75) is 32.2 Å². The monoisotopic (exact) mass is 451 g/mol. The van der Waals surface area contributed by atoms with Crippen molar-refractivity contribution in [1.82, 2.24) is 10.2 Å². The molecule has 0 unspecified atom stereocenters. The van der Waals surface area contributed by atoms with Gasteiger partial charge in [0.25, 0.3) is 0 Å². The Bertz CT molecular complexity index is 912. The smallest absolute Gasteiger partial charge is 0.328 e. The molecule has 0 aromatic heterocycles. The lowest BCUT2D eigenvalue weighted by Crippen LogP contribution is -2.49. The standard InChI is InChI=1S/C26H33N3O4/c1-20(17-24(30)27-23(26(32)33-2)19-21-9-5-3-6-10-21)18-25(31)29-15-13-28(14-16-29)22-11-7-4-8-12-22/h3-12,20,23H,13-19H2,1-2H3,(H,27,30)/t20-,23+/m1/s1. The number of carbonyl (C=O) groups is 3. The Balaban J connectivity index is 1.45. The van der Waals surface area contributed by atoms with Gasteiger partial charge in [-0.25, -0.2) is 4.79 Å². The molecule has 0 spiro atoms. The van der Waals surface area contributed by atoms with E-state index in [4.69, 9.17) is 4.74 Å². The molecule has 0 radical (unpaired) electrons. The second-order valence-corrected chi connectivity index (χ2v) is 8.55. The number of piperazine rings is 1. The number of hydrogen-bond donors (Lipinski definition) is 1. The highest BCUT2D eigenvalue weighted by molar-refractivity contribution is 5.85. The third kappa shape index (κ3) is 7.34. The summed E-state index contributed by atoms with van der Waals surface area (Å²) < 4.78 is 4.86. The lowest BCUT2D eigenvalue weighted by atomic mass is 10.0. The molecule has 1 aliphatic rings. The first kappa shape index (κ1) is 24.3. The molecule has 7 heteroatoms. The molecule has 2 aromatic rings. The SMILES string of the molecule is COC(=O)[C@H](Cc1ccccc1)NC(=O)C[C@@H](C)CC(=O)N1CCN(c2ccccc2)CC1. The van der Waals surface area contributed by atoms with Crippen LogP contribution in [0.1, 0.15) is 25.3 Å².